The third-order valence-corrected chi connectivity index (χ3v) is 8.78. The molecule has 160 valence electrons. The van der Waals surface area contributed by atoms with Crippen molar-refractivity contribution in [2.45, 2.75) is 76.0 Å². The summed E-state index contributed by atoms with van der Waals surface area (Å²) in [7, 11) is -1.37. The van der Waals surface area contributed by atoms with Gasteiger partial charge in [-0.1, -0.05) is 79.4 Å². The molecule has 2 atom stereocenters. The van der Waals surface area contributed by atoms with Crippen LogP contribution in [-0.2, 0) is 16.9 Å². The fourth-order valence-electron chi connectivity index (χ4n) is 5.04. The molecule has 2 fully saturated rings. The Morgan fingerprint density at radius 1 is 1.03 bits per heavy atom. The molecule has 2 aliphatic rings. The number of hydrogen-bond donors (Lipinski definition) is 1. The maximum Gasteiger partial charge on any atom is 0.410 e. The second-order valence-electron chi connectivity index (χ2n) is 9.95. The average Bonchev–Trinajstić information content (AvgIpc) is 2.71. The smallest absolute Gasteiger partial charge is 0.410 e. The lowest BCUT2D eigenvalue weighted by atomic mass is 9.73. The van der Waals surface area contributed by atoms with Gasteiger partial charge in [0.25, 0.3) is 0 Å². The predicted molar refractivity (Wildman–Crippen MR) is 122 cm³/mol. The van der Waals surface area contributed by atoms with E-state index < -0.39 is 13.7 Å². The van der Waals surface area contributed by atoms with Crippen LogP contribution >= 0.6 is 0 Å². The van der Waals surface area contributed by atoms with Gasteiger partial charge in [0.1, 0.15) is 6.61 Å². The minimum absolute atomic E-state index is 0.0300. The number of amides is 1. The quantitative estimate of drug-likeness (QED) is 0.721. The van der Waals surface area contributed by atoms with Crippen LogP contribution in [0.3, 0.4) is 0 Å². The summed E-state index contributed by atoms with van der Waals surface area (Å²) >= 11 is 0. The molecule has 2 unspecified atom stereocenters. The van der Waals surface area contributed by atoms with Crippen LogP contribution in [0.25, 0.3) is 0 Å². The monoisotopic (exact) mass is 423 g/mol. The Morgan fingerprint density at radius 3 is 2.20 bits per heavy atom. The molecule has 0 radical (unpaired) electrons. The molecule has 2 saturated heterocycles. The molecule has 0 aliphatic carbocycles. The minimum Gasteiger partial charge on any atom is -0.445 e. The molecule has 1 amide bonds. The van der Waals surface area contributed by atoms with Gasteiger partial charge in [0, 0.05) is 24.9 Å². The number of piperidine rings is 2. The Morgan fingerprint density at radius 2 is 1.63 bits per heavy atom. The van der Waals surface area contributed by atoms with E-state index in [-0.39, 0.29) is 24.8 Å². The summed E-state index contributed by atoms with van der Waals surface area (Å²) < 4.78 is 5.64. The van der Waals surface area contributed by atoms with Gasteiger partial charge < -0.3 is 14.7 Å². The molecular weight excluding hydrogens is 390 g/mol. The van der Waals surface area contributed by atoms with Crippen LogP contribution < -0.4 is 5.19 Å². The lowest BCUT2D eigenvalue weighted by Gasteiger charge is -2.51. The Balaban J connectivity index is 1.48. The van der Waals surface area contributed by atoms with Crippen molar-refractivity contribution < 1.29 is 14.6 Å². The van der Waals surface area contributed by atoms with E-state index in [1.54, 1.807) is 0 Å². The summed E-state index contributed by atoms with van der Waals surface area (Å²) in [5, 5.41) is 13.0. The molecule has 5 heteroatoms. The zero-order valence-electron chi connectivity index (χ0n) is 18.3. The van der Waals surface area contributed by atoms with Gasteiger partial charge in [0.05, 0.1) is 13.7 Å². The fourth-order valence-corrected chi connectivity index (χ4v) is 6.20. The highest BCUT2D eigenvalue weighted by atomic mass is 28.3. The van der Waals surface area contributed by atoms with Crippen LogP contribution in [0.2, 0.25) is 19.6 Å². The lowest BCUT2D eigenvalue weighted by molar-refractivity contribution is -0.0896. The van der Waals surface area contributed by atoms with E-state index in [9.17, 15) is 9.90 Å². The van der Waals surface area contributed by atoms with E-state index in [0.29, 0.717) is 12.8 Å². The summed E-state index contributed by atoms with van der Waals surface area (Å²) in [6.45, 7) is 7.29. The van der Waals surface area contributed by atoms with Crippen molar-refractivity contribution >= 4 is 19.4 Å². The number of aliphatic hydroxyl groups is 1. The first-order chi connectivity index (χ1) is 14.3. The van der Waals surface area contributed by atoms with Gasteiger partial charge in [-0.15, -0.1) is 0 Å². The molecule has 2 heterocycles. The molecule has 2 aromatic carbocycles. The second-order valence-corrected chi connectivity index (χ2v) is 15.0. The molecule has 0 saturated carbocycles. The van der Waals surface area contributed by atoms with E-state index >= 15 is 0 Å². The van der Waals surface area contributed by atoms with Crippen molar-refractivity contribution in [3.63, 3.8) is 0 Å². The third-order valence-electron chi connectivity index (χ3n) is 6.71. The first-order valence-corrected chi connectivity index (χ1v) is 14.6. The molecule has 2 aliphatic heterocycles. The fraction of sp³-hybridized carbons (Fsp3) is 0.480. The van der Waals surface area contributed by atoms with E-state index in [0.717, 1.165) is 30.4 Å². The standard InChI is InChI=1S/C25H33NO3Si/c1-30(2,3)23-14-12-20(13-15-23)25(28)16-21-10-7-11-22(17-25)26(21)24(27)29-18-19-8-5-4-6-9-19/h4-6,8-9,12-15,21-22,28H,7,10-11,16-18H2,1-3H3. The molecule has 0 aromatic heterocycles. The Hall–Kier alpha value is -2.11. The normalized spacial score (nSPS) is 26.3. The van der Waals surface area contributed by atoms with Crippen LogP contribution in [0.4, 0.5) is 4.79 Å². The van der Waals surface area contributed by atoms with Crippen molar-refractivity contribution in [2.24, 2.45) is 0 Å². The molecule has 2 aromatic rings. The molecule has 4 nitrogen and oxygen atoms in total. The Labute approximate surface area is 180 Å². The second kappa shape index (κ2) is 8.20. The maximum absolute atomic E-state index is 12.9. The third kappa shape index (κ3) is 4.32. The van der Waals surface area contributed by atoms with Gasteiger partial charge in [-0.3, -0.25) is 0 Å². The number of fused-ring (bicyclic) bond motifs is 2. The van der Waals surface area contributed by atoms with E-state index in [1.165, 1.54) is 5.19 Å². The van der Waals surface area contributed by atoms with Crippen molar-refractivity contribution in [1.29, 1.82) is 0 Å². The zero-order valence-corrected chi connectivity index (χ0v) is 19.3. The van der Waals surface area contributed by atoms with Crippen LogP contribution in [0.15, 0.2) is 54.6 Å². The lowest BCUT2D eigenvalue weighted by Crippen LogP contribution is -2.59. The van der Waals surface area contributed by atoms with Gasteiger partial charge in [0.15, 0.2) is 0 Å². The summed E-state index contributed by atoms with van der Waals surface area (Å²) in [4.78, 5) is 14.8. The van der Waals surface area contributed by atoms with Gasteiger partial charge >= 0.3 is 6.09 Å². The summed E-state index contributed by atoms with van der Waals surface area (Å²) in [5.41, 5.74) is 1.11. The number of nitrogens with zero attached hydrogens (tertiary/aromatic N) is 1. The molecule has 30 heavy (non-hydrogen) atoms. The zero-order chi connectivity index (χ0) is 21.4. The minimum atomic E-state index is -1.37. The van der Waals surface area contributed by atoms with Crippen molar-refractivity contribution in [2.75, 3.05) is 0 Å². The highest BCUT2D eigenvalue weighted by Crippen LogP contribution is 2.44. The number of rotatable bonds is 4. The van der Waals surface area contributed by atoms with Gasteiger partial charge in [-0.25, -0.2) is 4.79 Å². The number of ether oxygens (including phenoxy) is 1. The molecule has 1 N–H and O–H groups in total. The van der Waals surface area contributed by atoms with Crippen LogP contribution in [0.5, 0.6) is 0 Å². The highest BCUT2D eigenvalue weighted by molar-refractivity contribution is 6.88. The van der Waals surface area contributed by atoms with Crippen molar-refractivity contribution in [3.05, 3.63) is 65.7 Å². The molecular formula is C25H33NO3Si. The SMILES string of the molecule is C[Si](C)(C)c1ccc(C2(O)CC3CCCC(C2)N3C(=O)OCc2ccccc2)cc1. The van der Waals surface area contributed by atoms with Gasteiger partial charge in [0.2, 0.25) is 0 Å². The first-order valence-electron chi connectivity index (χ1n) is 11.1. The Kier molecular flexibility index (Phi) is 5.77. The molecule has 2 bridgehead atoms. The average molecular weight is 424 g/mol. The van der Waals surface area contributed by atoms with Gasteiger partial charge in [-0.2, -0.15) is 0 Å². The van der Waals surface area contributed by atoms with Crippen LogP contribution in [0.1, 0.15) is 43.2 Å². The predicted octanol–water partition coefficient (Wildman–Crippen LogP) is 4.77. The Bertz CT molecular complexity index is 862. The van der Waals surface area contributed by atoms with E-state index in [2.05, 4.69) is 43.9 Å². The largest absolute Gasteiger partial charge is 0.445 e. The van der Waals surface area contributed by atoms with Gasteiger partial charge in [-0.05, 0) is 30.4 Å². The number of carbonyl (C=O) groups is 1. The first kappa shape index (κ1) is 21.1. The van der Waals surface area contributed by atoms with E-state index in [1.807, 2.05) is 35.2 Å². The van der Waals surface area contributed by atoms with E-state index in [4.69, 9.17) is 4.74 Å². The summed E-state index contributed by atoms with van der Waals surface area (Å²) in [6.07, 6.45) is 3.86. The topological polar surface area (TPSA) is 49.8 Å². The maximum atomic E-state index is 12.9. The van der Waals surface area contributed by atoms with Crippen molar-refractivity contribution in [3.8, 4) is 0 Å². The summed E-state index contributed by atoms with van der Waals surface area (Å²) in [6, 6.07) is 18.4. The number of carbonyl (C=O) groups excluding carboxylic acids is 1. The number of hydrogen-bond acceptors (Lipinski definition) is 3. The molecule has 0 spiro atoms. The molecule has 4 rings (SSSR count). The summed E-state index contributed by atoms with van der Waals surface area (Å²) in [5.74, 6) is 0. The van der Waals surface area contributed by atoms with Crippen LogP contribution in [-0.4, -0.2) is 36.3 Å². The van der Waals surface area contributed by atoms with Crippen LogP contribution in [0, 0.1) is 0 Å². The number of benzene rings is 2. The highest BCUT2D eigenvalue weighted by Gasteiger charge is 2.48. The van der Waals surface area contributed by atoms with Crippen molar-refractivity contribution in [1.82, 2.24) is 4.90 Å².